The van der Waals surface area contributed by atoms with Gasteiger partial charge < -0.3 is 9.47 Å². The zero-order chi connectivity index (χ0) is 29.7. The molecule has 7 aromatic carbocycles. The highest BCUT2D eigenvalue weighted by molar-refractivity contribution is 7.25. The number of nitrogens with zero attached hydrogens (tertiary/aromatic N) is 2. The summed E-state index contributed by atoms with van der Waals surface area (Å²) in [6.07, 6.45) is 0. The van der Waals surface area contributed by atoms with Gasteiger partial charge in [-0.15, -0.1) is 11.3 Å². The average molecular weight is 593 g/mol. The lowest BCUT2D eigenvalue weighted by Gasteiger charge is -2.28. The lowest BCUT2D eigenvalue weighted by Crippen LogP contribution is -2.11. The minimum atomic E-state index is 1.12. The summed E-state index contributed by atoms with van der Waals surface area (Å²) >= 11 is 1.86. The Hall–Kier alpha value is -5.64. The van der Waals surface area contributed by atoms with Crippen molar-refractivity contribution in [3.05, 3.63) is 170 Å². The first-order valence-corrected chi connectivity index (χ1v) is 16.1. The second-order valence-corrected chi connectivity index (χ2v) is 12.5. The summed E-state index contributed by atoms with van der Waals surface area (Å²) in [4.78, 5) is 2.40. The van der Waals surface area contributed by atoms with Gasteiger partial charge in [-0.3, -0.25) is 0 Å². The summed E-state index contributed by atoms with van der Waals surface area (Å²) in [5, 5.41) is 5.08. The molecule has 0 aliphatic heterocycles. The highest BCUT2D eigenvalue weighted by Crippen LogP contribution is 2.46. The monoisotopic (exact) mass is 592 g/mol. The third kappa shape index (κ3) is 4.24. The van der Waals surface area contributed by atoms with Crippen LogP contribution in [0.1, 0.15) is 0 Å². The number of hydrogen-bond donors (Lipinski definition) is 0. The van der Waals surface area contributed by atoms with Crippen LogP contribution in [0.3, 0.4) is 0 Å². The molecule has 9 rings (SSSR count). The molecule has 0 saturated heterocycles. The topological polar surface area (TPSA) is 8.17 Å². The van der Waals surface area contributed by atoms with Crippen LogP contribution in [0.4, 0.5) is 17.1 Å². The van der Waals surface area contributed by atoms with Gasteiger partial charge in [0, 0.05) is 53.6 Å². The zero-order valence-electron chi connectivity index (χ0n) is 24.5. The fraction of sp³-hybridized carbons (Fsp3) is 0. The van der Waals surface area contributed by atoms with Gasteiger partial charge in [-0.25, -0.2) is 0 Å². The third-order valence-electron chi connectivity index (χ3n) is 8.76. The molecule has 0 aliphatic rings. The van der Waals surface area contributed by atoms with Crippen LogP contribution in [-0.2, 0) is 0 Å². The van der Waals surface area contributed by atoms with E-state index in [2.05, 4.69) is 179 Å². The lowest BCUT2D eigenvalue weighted by molar-refractivity contribution is 1.18. The molecule has 2 nitrogen and oxygen atoms in total. The van der Waals surface area contributed by atoms with Gasteiger partial charge in [0.15, 0.2) is 0 Å². The molecule has 9 aromatic rings. The highest BCUT2D eigenvalue weighted by Gasteiger charge is 2.22. The van der Waals surface area contributed by atoms with Crippen molar-refractivity contribution in [3.63, 3.8) is 0 Å². The minimum absolute atomic E-state index is 1.12. The molecule has 0 bridgehead atoms. The van der Waals surface area contributed by atoms with Crippen LogP contribution in [-0.4, -0.2) is 4.57 Å². The Bertz CT molecular complexity index is 2440. The number of anilines is 3. The number of fused-ring (bicyclic) bond motifs is 6. The first kappa shape index (κ1) is 25.8. The van der Waals surface area contributed by atoms with E-state index in [1.807, 2.05) is 11.3 Å². The van der Waals surface area contributed by atoms with Gasteiger partial charge in [0.1, 0.15) is 0 Å². The molecular formula is C42H28N2S. The van der Waals surface area contributed by atoms with Gasteiger partial charge in [0.05, 0.1) is 16.7 Å². The summed E-state index contributed by atoms with van der Waals surface area (Å²) in [6.45, 7) is 0. The van der Waals surface area contributed by atoms with Crippen LogP contribution < -0.4 is 4.90 Å². The van der Waals surface area contributed by atoms with Crippen molar-refractivity contribution >= 4 is 70.4 Å². The second kappa shape index (κ2) is 10.5. The normalized spacial score (nSPS) is 11.6. The summed E-state index contributed by atoms with van der Waals surface area (Å²) in [5.41, 5.74) is 9.33. The molecule has 0 atom stereocenters. The number of para-hydroxylation sites is 4. The average Bonchev–Trinajstić information content (AvgIpc) is 3.64. The van der Waals surface area contributed by atoms with Crippen molar-refractivity contribution in [2.45, 2.75) is 0 Å². The van der Waals surface area contributed by atoms with Crippen molar-refractivity contribution < 1.29 is 0 Å². The summed E-state index contributed by atoms with van der Waals surface area (Å²) < 4.78 is 5.04. The molecule has 212 valence electrons. The standard InChI is InChI=1S/C42H28N2S/c1-4-14-30(15-5-1)43(31-16-6-2-7-17-31)39-28-36-33-20-10-12-22-38(33)44(32-18-8-3-9-19-32)40(36)27-35(39)29-24-25-42-37(26-29)34-21-11-13-23-41(34)45-42/h1-28H. The second-order valence-electron chi connectivity index (χ2n) is 11.4. The minimum Gasteiger partial charge on any atom is -0.310 e. The molecule has 0 spiro atoms. The lowest BCUT2D eigenvalue weighted by atomic mass is 9.97. The SMILES string of the molecule is c1ccc(N(c2ccccc2)c2cc3c4ccccc4n(-c4ccccc4)c3cc2-c2ccc3sc4ccccc4c3c2)cc1. The van der Waals surface area contributed by atoms with E-state index in [1.54, 1.807) is 0 Å². The maximum atomic E-state index is 2.41. The Balaban J connectivity index is 1.42. The maximum Gasteiger partial charge on any atom is 0.0548 e. The van der Waals surface area contributed by atoms with Crippen LogP contribution in [0.2, 0.25) is 0 Å². The summed E-state index contributed by atoms with van der Waals surface area (Å²) in [7, 11) is 0. The smallest absolute Gasteiger partial charge is 0.0548 e. The van der Waals surface area contributed by atoms with Crippen LogP contribution in [0.5, 0.6) is 0 Å². The van der Waals surface area contributed by atoms with E-state index in [4.69, 9.17) is 0 Å². The molecule has 0 fully saturated rings. The van der Waals surface area contributed by atoms with Crippen LogP contribution in [0.25, 0.3) is 58.8 Å². The van der Waals surface area contributed by atoms with E-state index < -0.39 is 0 Å². The number of aromatic nitrogens is 1. The largest absolute Gasteiger partial charge is 0.310 e. The van der Waals surface area contributed by atoms with Crippen molar-refractivity contribution in [2.24, 2.45) is 0 Å². The summed E-state index contributed by atoms with van der Waals surface area (Å²) in [6, 6.07) is 61.5. The molecule has 3 heteroatoms. The van der Waals surface area contributed by atoms with Crippen molar-refractivity contribution in [1.29, 1.82) is 0 Å². The van der Waals surface area contributed by atoms with Crippen molar-refractivity contribution in [2.75, 3.05) is 4.90 Å². The van der Waals surface area contributed by atoms with E-state index in [9.17, 15) is 0 Å². The fourth-order valence-corrected chi connectivity index (χ4v) is 7.84. The third-order valence-corrected chi connectivity index (χ3v) is 9.91. The fourth-order valence-electron chi connectivity index (χ4n) is 6.75. The molecule has 2 heterocycles. The van der Waals surface area contributed by atoms with Crippen LogP contribution in [0.15, 0.2) is 170 Å². The van der Waals surface area contributed by atoms with Crippen LogP contribution >= 0.6 is 11.3 Å². The Labute approximate surface area is 265 Å². The van der Waals surface area contributed by atoms with Gasteiger partial charge >= 0.3 is 0 Å². The Morgan fingerprint density at radius 3 is 1.76 bits per heavy atom. The Kier molecular flexibility index (Phi) is 6.03. The van der Waals surface area contributed by atoms with E-state index in [-0.39, 0.29) is 0 Å². The molecule has 0 radical (unpaired) electrons. The molecule has 0 amide bonds. The van der Waals surface area contributed by atoms with Gasteiger partial charge in [0.2, 0.25) is 0 Å². The highest BCUT2D eigenvalue weighted by atomic mass is 32.1. The van der Waals surface area contributed by atoms with E-state index in [0.29, 0.717) is 0 Å². The Morgan fingerprint density at radius 1 is 0.422 bits per heavy atom. The molecule has 0 aliphatic carbocycles. The van der Waals surface area contributed by atoms with E-state index in [0.717, 1.165) is 22.7 Å². The van der Waals surface area contributed by atoms with Gasteiger partial charge in [-0.1, -0.05) is 97.1 Å². The number of benzene rings is 7. The molecule has 2 aromatic heterocycles. The van der Waals surface area contributed by atoms with Crippen LogP contribution in [0, 0.1) is 0 Å². The molecule has 0 saturated carbocycles. The maximum absolute atomic E-state index is 2.41. The molecule has 45 heavy (non-hydrogen) atoms. The Morgan fingerprint density at radius 2 is 1.02 bits per heavy atom. The molecule has 0 N–H and O–H groups in total. The van der Waals surface area contributed by atoms with Gasteiger partial charge in [-0.2, -0.15) is 0 Å². The van der Waals surface area contributed by atoms with Gasteiger partial charge in [-0.05, 0) is 78.4 Å². The van der Waals surface area contributed by atoms with Crippen molar-refractivity contribution in [3.8, 4) is 16.8 Å². The summed E-state index contributed by atoms with van der Waals surface area (Å²) in [5.74, 6) is 0. The van der Waals surface area contributed by atoms with E-state index >= 15 is 0 Å². The predicted molar refractivity (Wildman–Crippen MR) is 194 cm³/mol. The predicted octanol–water partition coefficient (Wildman–Crippen LogP) is 12.3. The van der Waals surface area contributed by atoms with Crippen molar-refractivity contribution in [1.82, 2.24) is 4.57 Å². The number of hydrogen-bond acceptors (Lipinski definition) is 2. The molecule has 0 unspecified atom stereocenters. The van der Waals surface area contributed by atoms with E-state index in [1.165, 1.54) is 53.1 Å². The quantitative estimate of drug-likeness (QED) is 0.193. The zero-order valence-corrected chi connectivity index (χ0v) is 25.3. The number of rotatable bonds is 5. The first-order chi connectivity index (χ1) is 22.3. The first-order valence-electron chi connectivity index (χ1n) is 15.3. The molecular weight excluding hydrogens is 565 g/mol. The number of thiophene rings is 1. The van der Waals surface area contributed by atoms with Gasteiger partial charge in [0.25, 0.3) is 0 Å².